The van der Waals surface area contributed by atoms with Crippen LogP contribution in [0.15, 0.2) is 60.8 Å². The summed E-state index contributed by atoms with van der Waals surface area (Å²) in [7, 11) is 0. The topological polar surface area (TPSA) is 42.0 Å². The fourth-order valence-electron chi connectivity index (χ4n) is 3.72. The van der Waals surface area contributed by atoms with Crippen LogP contribution in [-0.4, -0.2) is 22.1 Å². The van der Waals surface area contributed by atoms with Crippen LogP contribution in [0.5, 0.6) is 0 Å². The van der Waals surface area contributed by atoms with Crippen molar-refractivity contribution in [2.75, 3.05) is 0 Å². The van der Waals surface area contributed by atoms with Crippen molar-refractivity contribution >= 4 is 16.8 Å². The zero-order valence-corrected chi connectivity index (χ0v) is 16.3. The predicted molar refractivity (Wildman–Crippen MR) is 108 cm³/mol. The molecular formula is C23H24F2N2O. The van der Waals surface area contributed by atoms with Gasteiger partial charge in [0.2, 0.25) is 0 Å². The highest BCUT2D eigenvalue weighted by atomic mass is 19.1. The molecule has 0 aliphatic carbocycles. The van der Waals surface area contributed by atoms with E-state index in [1.54, 1.807) is 18.2 Å². The maximum absolute atomic E-state index is 14.5. The Balaban J connectivity index is 1.88. The minimum Gasteiger partial charge on any atom is -0.346 e. The van der Waals surface area contributed by atoms with Gasteiger partial charge in [-0.25, -0.2) is 8.78 Å². The van der Waals surface area contributed by atoms with E-state index in [2.05, 4.69) is 10.3 Å². The molecule has 28 heavy (non-hydrogen) atoms. The lowest BCUT2D eigenvalue weighted by Crippen LogP contribution is -2.50. The van der Waals surface area contributed by atoms with Crippen molar-refractivity contribution in [2.45, 2.75) is 44.8 Å². The second-order valence-electron chi connectivity index (χ2n) is 8.11. The lowest BCUT2D eigenvalue weighted by atomic mass is 9.83. The van der Waals surface area contributed by atoms with Gasteiger partial charge < -0.3 is 5.32 Å². The van der Waals surface area contributed by atoms with Crippen molar-refractivity contribution in [1.29, 1.82) is 0 Å². The Kier molecular flexibility index (Phi) is 5.45. The van der Waals surface area contributed by atoms with Crippen molar-refractivity contribution < 1.29 is 13.6 Å². The minimum absolute atomic E-state index is 0.149. The van der Waals surface area contributed by atoms with E-state index in [9.17, 15) is 13.6 Å². The van der Waals surface area contributed by atoms with Crippen molar-refractivity contribution in [3.63, 3.8) is 0 Å². The second kappa shape index (κ2) is 7.66. The Bertz CT molecular complexity index is 983. The van der Waals surface area contributed by atoms with E-state index in [0.717, 1.165) is 5.56 Å². The number of hydrogen-bond acceptors (Lipinski definition) is 2. The Morgan fingerprint density at radius 3 is 2.46 bits per heavy atom. The summed E-state index contributed by atoms with van der Waals surface area (Å²) in [6, 6.07) is 15.9. The lowest BCUT2D eigenvalue weighted by molar-refractivity contribution is 0.0843. The summed E-state index contributed by atoms with van der Waals surface area (Å²) in [5.41, 5.74) is -0.715. The van der Waals surface area contributed by atoms with Gasteiger partial charge in [-0.15, -0.1) is 0 Å². The SMILES string of the molecule is CC(C)(F)CC(C)(Cc1ccccc1)NC(=O)c1cnc2c(F)cccc2c1. The van der Waals surface area contributed by atoms with Crippen LogP contribution < -0.4 is 5.32 Å². The quantitative estimate of drug-likeness (QED) is 0.633. The molecular weight excluding hydrogens is 358 g/mol. The maximum Gasteiger partial charge on any atom is 0.253 e. The molecule has 146 valence electrons. The Hall–Kier alpha value is -2.82. The van der Waals surface area contributed by atoms with E-state index >= 15 is 0 Å². The average Bonchev–Trinajstić information content (AvgIpc) is 2.60. The number of rotatable bonds is 6. The predicted octanol–water partition coefficient (Wildman–Crippen LogP) is 5.24. The molecule has 1 unspecified atom stereocenters. The van der Waals surface area contributed by atoms with Crippen LogP contribution in [0.4, 0.5) is 8.78 Å². The number of hydrogen-bond donors (Lipinski definition) is 1. The number of carbonyl (C=O) groups excluding carboxylic acids is 1. The zero-order valence-electron chi connectivity index (χ0n) is 16.3. The molecule has 3 rings (SSSR count). The van der Waals surface area contributed by atoms with Crippen LogP contribution >= 0.6 is 0 Å². The average molecular weight is 382 g/mol. The molecule has 3 aromatic rings. The summed E-state index contributed by atoms with van der Waals surface area (Å²) < 4.78 is 28.3. The molecule has 0 spiro atoms. The summed E-state index contributed by atoms with van der Waals surface area (Å²) in [4.78, 5) is 17.0. The minimum atomic E-state index is -1.46. The number of pyridine rings is 1. The fourth-order valence-corrected chi connectivity index (χ4v) is 3.72. The van der Waals surface area contributed by atoms with Crippen molar-refractivity contribution in [1.82, 2.24) is 10.3 Å². The molecule has 0 bridgehead atoms. The first kappa shape index (κ1) is 19.9. The molecule has 2 aromatic carbocycles. The number of halogens is 2. The number of aromatic nitrogens is 1. The molecule has 0 fully saturated rings. The number of fused-ring (bicyclic) bond motifs is 1. The fraction of sp³-hybridized carbons (Fsp3) is 0.304. The molecule has 1 aromatic heterocycles. The van der Waals surface area contributed by atoms with Gasteiger partial charge in [0.15, 0.2) is 0 Å². The zero-order chi connectivity index (χ0) is 20.4. The summed E-state index contributed by atoms with van der Waals surface area (Å²) in [5.74, 6) is -0.793. The van der Waals surface area contributed by atoms with E-state index in [1.165, 1.54) is 26.1 Å². The Morgan fingerprint density at radius 1 is 1.07 bits per heavy atom. The van der Waals surface area contributed by atoms with Crippen molar-refractivity contribution in [3.05, 3.63) is 77.7 Å². The molecule has 3 nitrogen and oxygen atoms in total. The van der Waals surface area contributed by atoms with Gasteiger partial charge in [0.05, 0.1) is 5.56 Å². The normalized spacial score (nSPS) is 13.9. The summed E-state index contributed by atoms with van der Waals surface area (Å²) in [5, 5.41) is 3.53. The van der Waals surface area contributed by atoms with Gasteiger partial charge in [0, 0.05) is 23.5 Å². The number of carbonyl (C=O) groups is 1. The highest BCUT2D eigenvalue weighted by molar-refractivity contribution is 5.97. The van der Waals surface area contributed by atoms with Crippen LogP contribution in [0.1, 0.15) is 43.1 Å². The molecule has 1 N–H and O–H groups in total. The molecule has 0 saturated carbocycles. The highest BCUT2D eigenvalue weighted by Gasteiger charge is 2.34. The third-order valence-electron chi connectivity index (χ3n) is 4.59. The number of para-hydroxylation sites is 1. The molecule has 0 aliphatic rings. The Morgan fingerprint density at radius 2 is 1.79 bits per heavy atom. The summed E-state index contributed by atoms with van der Waals surface area (Å²) >= 11 is 0. The van der Waals surface area contributed by atoms with Crippen LogP contribution in [0.3, 0.4) is 0 Å². The number of nitrogens with one attached hydrogen (secondary N) is 1. The number of amides is 1. The van der Waals surface area contributed by atoms with Gasteiger partial charge in [-0.3, -0.25) is 9.78 Å². The van der Waals surface area contributed by atoms with Crippen molar-refractivity contribution in [2.24, 2.45) is 0 Å². The molecule has 5 heteroatoms. The van der Waals surface area contributed by atoms with Crippen LogP contribution in [0.25, 0.3) is 10.9 Å². The molecule has 1 amide bonds. The van der Waals surface area contributed by atoms with Gasteiger partial charge >= 0.3 is 0 Å². The number of nitrogens with zero attached hydrogens (tertiary/aromatic N) is 1. The summed E-state index contributed by atoms with van der Waals surface area (Å²) in [6.07, 6.45) is 1.99. The highest BCUT2D eigenvalue weighted by Crippen LogP contribution is 2.27. The Labute approximate surface area is 163 Å². The summed E-state index contributed by atoms with van der Waals surface area (Å²) in [6.45, 7) is 4.85. The van der Waals surface area contributed by atoms with E-state index < -0.39 is 17.0 Å². The first-order chi connectivity index (χ1) is 13.2. The van der Waals surface area contributed by atoms with E-state index in [0.29, 0.717) is 17.4 Å². The number of benzene rings is 2. The second-order valence-corrected chi connectivity index (χ2v) is 8.11. The van der Waals surface area contributed by atoms with E-state index in [1.807, 2.05) is 37.3 Å². The first-order valence-corrected chi connectivity index (χ1v) is 9.25. The van der Waals surface area contributed by atoms with Crippen LogP contribution in [0.2, 0.25) is 0 Å². The molecule has 0 saturated heterocycles. The van der Waals surface area contributed by atoms with Gasteiger partial charge in [-0.2, -0.15) is 0 Å². The lowest BCUT2D eigenvalue weighted by Gasteiger charge is -2.35. The monoisotopic (exact) mass is 382 g/mol. The van der Waals surface area contributed by atoms with Gasteiger partial charge in [-0.05, 0) is 44.9 Å². The third kappa shape index (κ3) is 4.91. The van der Waals surface area contributed by atoms with Crippen LogP contribution in [-0.2, 0) is 6.42 Å². The van der Waals surface area contributed by atoms with E-state index in [4.69, 9.17) is 0 Å². The standard InChI is InChI=1S/C23H24F2N2O/c1-22(2,25)15-23(3,13-16-8-5-4-6-9-16)27-21(28)18-12-17-10-7-11-19(24)20(17)26-14-18/h4-12,14H,13,15H2,1-3H3,(H,27,28). The maximum atomic E-state index is 14.5. The van der Waals surface area contributed by atoms with Crippen molar-refractivity contribution in [3.8, 4) is 0 Å². The van der Waals surface area contributed by atoms with Crippen LogP contribution in [0, 0.1) is 5.82 Å². The van der Waals surface area contributed by atoms with E-state index in [-0.39, 0.29) is 17.8 Å². The third-order valence-corrected chi connectivity index (χ3v) is 4.59. The van der Waals surface area contributed by atoms with Gasteiger partial charge in [-0.1, -0.05) is 42.5 Å². The smallest absolute Gasteiger partial charge is 0.253 e. The molecule has 0 aliphatic heterocycles. The number of alkyl halides is 1. The largest absolute Gasteiger partial charge is 0.346 e. The molecule has 0 radical (unpaired) electrons. The molecule has 1 heterocycles. The van der Waals surface area contributed by atoms with Gasteiger partial charge in [0.25, 0.3) is 5.91 Å². The first-order valence-electron chi connectivity index (χ1n) is 9.25. The van der Waals surface area contributed by atoms with Gasteiger partial charge in [0.1, 0.15) is 17.0 Å². The molecule has 1 atom stereocenters.